The van der Waals surface area contributed by atoms with Crippen molar-refractivity contribution in [1.29, 1.82) is 0 Å². The summed E-state index contributed by atoms with van der Waals surface area (Å²) in [5.41, 5.74) is 1.25. The fourth-order valence-electron chi connectivity index (χ4n) is 5.37. The average molecular weight is 270 g/mol. The van der Waals surface area contributed by atoms with Crippen molar-refractivity contribution >= 4 is 5.78 Å². The maximum atomic E-state index is 12.8. The molecule has 0 spiro atoms. The van der Waals surface area contributed by atoms with Crippen LogP contribution >= 0.6 is 0 Å². The molecule has 2 nitrogen and oxygen atoms in total. The van der Waals surface area contributed by atoms with E-state index in [-0.39, 0.29) is 0 Å². The number of rotatable bonds is 3. The standard InChI is InChI=1S/C18H24NO/c1-12-2-4-19(5-3-12)11-17(20)18-15-7-13-6-14(9-15)10-16(18)8-13/h2-5,13-16,18H,6-11H2,1H3/q+1. The van der Waals surface area contributed by atoms with E-state index in [4.69, 9.17) is 0 Å². The Bertz CT molecular complexity index is 491. The predicted octanol–water partition coefficient (Wildman–Crippen LogP) is 2.92. The van der Waals surface area contributed by atoms with Crippen LogP contribution in [0.15, 0.2) is 24.5 Å². The van der Waals surface area contributed by atoms with Crippen molar-refractivity contribution in [3.05, 3.63) is 30.1 Å². The molecule has 1 aromatic heterocycles. The van der Waals surface area contributed by atoms with Gasteiger partial charge >= 0.3 is 0 Å². The highest BCUT2D eigenvalue weighted by molar-refractivity contribution is 5.80. The maximum absolute atomic E-state index is 12.8. The molecule has 0 unspecified atom stereocenters. The number of pyridine rings is 1. The normalized spacial score (nSPS) is 38.1. The lowest BCUT2D eigenvalue weighted by Gasteiger charge is -2.53. The second kappa shape index (κ2) is 4.68. The lowest BCUT2D eigenvalue weighted by Crippen LogP contribution is -2.51. The van der Waals surface area contributed by atoms with Gasteiger partial charge in [-0.05, 0) is 68.3 Å². The monoisotopic (exact) mass is 270 g/mol. The number of carbonyl (C=O) groups excluding carboxylic acids is 1. The van der Waals surface area contributed by atoms with Gasteiger partial charge in [0.15, 0.2) is 12.4 Å². The highest BCUT2D eigenvalue weighted by Gasteiger charge is 2.50. The summed E-state index contributed by atoms with van der Waals surface area (Å²) in [4.78, 5) is 12.8. The number of hydrogen-bond donors (Lipinski definition) is 0. The lowest BCUT2D eigenvalue weighted by molar-refractivity contribution is -0.684. The summed E-state index contributed by atoms with van der Waals surface area (Å²) in [5, 5.41) is 0. The smallest absolute Gasteiger partial charge is 0.206 e. The summed E-state index contributed by atoms with van der Waals surface area (Å²) in [6.07, 6.45) is 10.9. The molecule has 0 aromatic carbocycles. The van der Waals surface area contributed by atoms with Crippen LogP contribution in [0.25, 0.3) is 0 Å². The van der Waals surface area contributed by atoms with Gasteiger partial charge < -0.3 is 0 Å². The van der Waals surface area contributed by atoms with Crippen LogP contribution in [0.2, 0.25) is 0 Å². The van der Waals surface area contributed by atoms with Crippen molar-refractivity contribution in [2.75, 3.05) is 0 Å². The zero-order valence-corrected chi connectivity index (χ0v) is 12.3. The molecular weight excluding hydrogens is 246 g/mol. The second-order valence-electron chi connectivity index (χ2n) is 7.47. The van der Waals surface area contributed by atoms with Crippen LogP contribution in [0, 0.1) is 36.5 Å². The Morgan fingerprint density at radius 1 is 1.05 bits per heavy atom. The molecule has 0 aliphatic heterocycles. The van der Waals surface area contributed by atoms with Crippen LogP contribution in [0.3, 0.4) is 0 Å². The highest BCUT2D eigenvalue weighted by atomic mass is 16.1. The van der Waals surface area contributed by atoms with Gasteiger partial charge in [0.1, 0.15) is 0 Å². The molecule has 1 aromatic rings. The first-order valence-electron chi connectivity index (χ1n) is 8.17. The largest absolute Gasteiger partial charge is 0.292 e. The van der Waals surface area contributed by atoms with E-state index in [2.05, 4.69) is 23.6 Å². The van der Waals surface area contributed by atoms with E-state index >= 15 is 0 Å². The van der Waals surface area contributed by atoms with Crippen LogP contribution in [0.4, 0.5) is 0 Å². The first-order chi connectivity index (χ1) is 9.69. The Morgan fingerprint density at radius 2 is 1.60 bits per heavy atom. The Labute approximate surface area is 121 Å². The SMILES string of the molecule is Cc1cc[n+](CC(=O)C2C3CC4CC(C3)CC2C4)cc1. The van der Waals surface area contributed by atoms with Crippen LogP contribution in [-0.4, -0.2) is 5.78 Å². The molecule has 2 heteroatoms. The molecule has 20 heavy (non-hydrogen) atoms. The van der Waals surface area contributed by atoms with Gasteiger partial charge in [0.25, 0.3) is 0 Å². The van der Waals surface area contributed by atoms with Crippen molar-refractivity contribution < 1.29 is 9.36 Å². The fraction of sp³-hybridized carbons (Fsp3) is 0.667. The summed E-state index contributed by atoms with van der Waals surface area (Å²) in [6, 6.07) is 4.17. The third-order valence-corrected chi connectivity index (χ3v) is 5.99. The molecule has 4 bridgehead atoms. The highest BCUT2D eigenvalue weighted by Crippen LogP contribution is 2.56. The van der Waals surface area contributed by atoms with Crippen LogP contribution in [-0.2, 0) is 11.3 Å². The minimum atomic E-state index is 0.372. The van der Waals surface area contributed by atoms with Crippen LogP contribution in [0.1, 0.15) is 37.7 Å². The summed E-state index contributed by atoms with van der Waals surface area (Å²) >= 11 is 0. The predicted molar refractivity (Wildman–Crippen MR) is 76.9 cm³/mol. The molecule has 4 aliphatic rings. The van der Waals surface area contributed by atoms with Gasteiger partial charge in [-0.1, -0.05) is 0 Å². The molecule has 4 saturated carbocycles. The number of ketones is 1. The first-order valence-corrected chi connectivity index (χ1v) is 8.17. The van der Waals surface area contributed by atoms with Gasteiger partial charge in [-0.25, -0.2) is 0 Å². The van der Waals surface area contributed by atoms with E-state index in [9.17, 15) is 4.79 Å². The fourth-order valence-corrected chi connectivity index (χ4v) is 5.37. The molecule has 0 saturated heterocycles. The minimum absolute atomic E-state index is 0.372. The Hall–Kier alpha value is -1.18. The number of Topliss-reactive ketones (excluding diaryl/α,β-unsaturated/α-hetero) is 1. The van der Waals surface area contributed by atoms with E-state index in [1.54, 1.807) is 0 Å². The van der Waals surface area contributed by atoms with Gasteiger partial charge in [-0.15, -0.1) is 0 Å². The average Bonchev–Trinajstić information content (AvgIpc) is 2.40. The molecule has 0 atom stereocenters. The summed E-state index contributed by atoms with van der Waals surface area (Å²) in [7, 11) is 0. The Kier molecular flexibility index (Phi) is 2.94. The van der Waals surface area contributed by atoms with E-state index in [1.807, 2.05) is 12.4 Å². The van der Waals surface area contributed by atoms with Gasteiger partial charge in [-0.2, -0.15) is 4.57 Å². The van der Waals surface area contributed by atoms with Crippen molar-refractivity contribution in [2.24, 2.45) is 29.6 Å². The zero-order valence-electron chi connectivity index (χ0n) is 12.3. The minimum Gasteiger partial charge on any atom is -0.292 e. The summed E-state index contributed by atoms with van der Waals surface area (Å²) in [5.74, 6) is 4.20. The molecule has 5 rings (SSSR count). The van der Waals surface area contributed by atoms with Crippen molar-refractivity contribution in [3.8, 4) is 0 Å². The van der Waals surface area contributed by atoms with Crippen molar-refractivity contribution in [1.82, 2.24) is 0 Å². The number of hydrogen-bond acceptors (Lipinski definition) is 1. The molecule has 4 fully saturated rings. The molecule has 1 heterocycles. The number of aromatic nitrogens is 1. The third-order valence-electron chi connectivity index (χ3n) is 5.99. The molecule has 106 valence electrons. The van der Waals surface area contributed by atoms with Crippen molar-refractivity contribution in [3.63, 3.8) is 0 Å². The van der Waals surface area contributed by atoms with Crippen LogP contribution in [0.5, 0.6) is 0 Å². The lowest BCUT2D eigenvalue weighted by atomic mass is 9.51. The first kappa shape index (κ1) is 12.6. The second-order valence-corrected chi connectivity index (χ2v) is 7.47. The molecular formula is C18H24NO+. The number of nitrogens with zero attached hydrogens (tertiary/aromatic N) is 1. The number of carbonyl (C=O) groups is 1. The topological polar surface area (TPSA) is 20.9 Å². The van der Waals surface area contributed by atoms with E-state index in [1.165, 1.54) is 37.7 Å². The molecule has 0 amide bonds. The maximum Gasteiger partial charge on any atom is 0.206 e. The summed E-state index contributed by atoms with van der Waals surface area (Å²) < 4.78 is 2.06. The molecule has 0 radical (unpaired) electrons. The van der Waals surface area contributed by atoms with E-state index < -0.39 is 0 Å². The van der Waals surface area contributed by atoms with Crippen molar-refractivity contribution in [2.45, 2.75) is 45.6 Å². The van der Waals surface area contributed by atoms with E-state index in [0.29, 0.717) is 30.1 Å². The van der Waals surface area contributed by atoms with E-state index in [0.717, 1.165) is 11.8 Å². The van der Waals surface area contributed by atoms with Gasteiger partial charge in [0.05, 0.1) is 0 Å². The van der Waals surface area contributed by atoms with Gasteiger partial charge in [0, 0.05) is 18.1 Å². The summed E-state index contributed by atoms with van der Waals surface area (Å²) in [6.45, 7) is 2.66. The molecule has 4 aliphatic carbocycles. The van der Waals surface area contributed by atoms with Gasteiger partial charge in [-0.3, -0.25) is 4.79 Å². The van der Waals surface area contributed by atoms with Gasteiger partial charge in [0.2, 0.25) is 12.3 Å². The quantitative estimate of drug-likeness (QED) is 0.774. The third kappa shape index (κ3) is 2.10. The number of aryl methyl sites for hydroxylation is 1. The Balaban J connectivity index is 1.50. The zero-order chi connectivity index (χ0) is 13.7. The Morgan fingerprint density at radius 3 is 2.15 bits per heavy atom. The molecule has 0 N–H and O–H groups in total. The van der Waals surface area contributed by atoms with Crippen LogP contribution < -0.4 is 4.57 Å².